The molecule has 1 fully saturated rings. The highest BCUT2D eigenvalue weighted by Gasteiger charge is 2.32. The topological polar surface area (TPSA) is 58.6 Å². The maximum Gasteiger partial charge on any atom is 0.408 e. The fraction of sp³-hybridized carbons (Fsp3) is 0.882. The first kappa shape index (κ1) is 18.8. The second kappa shape index (κ2) is 7.84. The van der Waals surface area contributed by atoms with Crippen LogP contribution in [0.25, 0.3) is 0 Å². The quantitative estimate of drug-likeness (QED) is 0.867. The average Bonchev–Trinajstić information content (AvgIpc) is 2.42. The molecule has 0 unspecified atom stereocenters. The molecule has 0 aromatic carbocycles. The van der Waals surface area contributed by atoms with Gasteiger partial charge in [-0.1, -0.05) is 27.2 Å². The maximum atomic E-state index is 12.7. The van der Waals surface area contributed by atoms with Crippen molar-refractivity contribution in [2.75, 3.05) is 13.1 Å². The Hall–Kier alpha value is -1.26. The monoisotopic (exact) mass is 312 g/mol. The first-order valence-corrected chi connectivity index (χ1v) is 8.42. The lowest BCUT2D eigenvalue weighted by Gasteiger charge is -2.35. The van der Waals surface area contributed by atoms with Crippen molar-refractivity contribution in [3.63, 3.8) is 0 Å². The molecule has 1 N–H and O–H groups in total. The summed E-state index contributed by atoms with van der Waals surface area (Å²) in [5.41, 5.74) is -0.561. The van der Waals surface area contributed by atoms with Gasteiger partial charge in [-0.25, -0.2) is 4.79 Å². The third-order valence-electron chi connectivity index (χ3n) is 4.11. The van der Waals surface area contributed by atoms with Crippen LogP contribution in [0.2, 0.25) is 0 Å². The summed E-state index contributed by atoms with van der Waals surface area (Å²) in [4.78, 5) is 26.5. The number of carbonyl (C=O) groups excluding carboxylic acids is 2. The van der Waals surface area contributed by atoms with E-state index >= 15 is 0 Å². The van der Waals surface area contributed by atoms with E-state index in [0.29, 0.717) is 0 Å². The lowest BCUT2D eigenvalue weighted by atomic mass is 9.93. The minimum Gasteiger partial charge on any atom is -0.444 e. The van der Waals surface area contributed by atoms with Gasteiger partial charge in [0.05, 0.1) is 0 Å². The minimum atomic E-state index is -0.561. The van der Waals surface area contributed by atoms with Crippen molar-refractivity contribution >= 4 is 12.0 Å². The van der Waals surface area contributed by atoms with E-state index in [-0.39, 0.29) is 11.8 Å². The zero-order chi connectivity index (χ0) is 16.9. The molecule has 2 amide bonds. The molecule has 0 aromatic rings. The van der Waals surface area contributed by atoms with E-state index in [0.717, 1.165) is 31.8 Å². The van der Waals surface area contributed by atoms with Gasteiger partial charge < -0.3 is 15.0 Å². The summed E-state index contributed by atoms with van der Waals surface area (Å²) in [6.45, 7) is 13.1. The number of ether oxygens (including phenoxy) is 1. The van der Waals surface area contributed by atoms with Gasteiger partial charge in [0.1, 0.15) is 11.6 Å². The van der Waals surface area contributed by atoms with Gasteiger partial charge in [-0.05, 0) is 45.4 Å². The summed E-state index contributed by atoms with van der Waals surface area (Å²) in [6.07, 6.45) is 2.76. The Kier molecular flexibility index (Phi) is 6.69. The maximum absolute atomic E-state index is 12.7. The zero-order valence-corrected chi connectivity index (χ0v) is 14.9. The minimum absolute atomic E-state index is 0.00964. The molecule has 1 heterocycles. The molecule has 0 spiro atoms. The van der Waals surface area contributed by atoms with Crippen molar-refractivity contribution in [3.05, 3.63) is 0 Å². The SMILES string of the molecule is CCC1CCN(C(=O)[C@@H](NC(=O)OC(C)(C)C)C(C)C)CC1. The molecule has 1 rings (SSSR count). The highest BCUT2D eigenvalue weighted by molar-refractivity contribution is 5.86. The summed E-state index contributed by atoms with van der Waals surface area (Å²) >= 11 is 0. The molecule has 5 nitrogen and oxygen atoms in total. The molecule has 0 bridgehead atoms. The first-order chi connectivity index (χ1) is 10.1. The van der Waals surface area contributed by atoms with Gasteiger partial charge in [-0.2, -0.15) is 0 Å². The van der Waals surface area contributed by atoms with Crippen molar-refractivity contribution in [2.24, 2.45) is 11.8 Å². The molecule has 0 radical (unpaired) electrons. The number of piperidine rings is 1. The van der Waals surface area contributed by atoms with Gasteiger partial charge in [0.15, 0.2) is 0 Å². The third-order valence-corrected chi connectivity index (χ3v) is 4.11. The number of alkyl carbamates (subject to hydrolysis) is 1. The molecule has 0 aliphatic carbocycles. The van der Waals surface area contributed by atoms with Crippen LogP contribution in [0.15, 0.2) is 0 Å². The number of hydrogen-bond donors (Lipinski definition) is 1. The molecule has 1 atom stereocenters. The lowest BCUT2D eigenvalue weighted by Crippen LogP contribution is -2.53. The van der Waals surface area contributed by atoms with E-state index in [1.54, 1.807) is 0 Å². The fourth-order valence-corrected chi connectivity index (χ4v) is 2.71. The van der Waals surface area contributed by atoms with Gasteiger partial charge in [-0.15, -0.1) is 0 Å². The number of carbonyl (C=O) groups is 2. The Labute approximate surface area is 134 Å². The lowest BCUT2D eigenvalue weighted by molar-refractivity contribution is -0.136. The van der Waals surface area contributed by atoms with Gasteiger partial charge >= 0.3 is 6.09 Å². The van der Waals surface area contributed by atoms with Crippen LogP contribution < -0.4 is 5.32 Å². The summed E-state index contributed by atoms with van der Waals surface area (Å²) in [5, 5.41) is 2.74. The standard InChI is InChI=1S/C17H32N2O3/c1-7-13-8-10-19(11-9-13)15(20)14(12(2)3)18-16(21)22-17(4,5)6/h12-14H,7-11H2,1-6H3,(H,18,21)/t14-/m0/s1. The predicted molar refractivity (Wildman–Crippen MR) is 87.6 cm³/mol. The highest BCUT2D eigenvalue weighted by Crippen LogP contribution is 2.21. The van der Waals surface area contributed by atoms with Crippen LogP contribution in [-0.4, -0.2) is 41.6 Å². The van der Waals surface area contributed by atoms with Gasteiger partial charge in [0.2, 0.25) is 5.91 Å². The second-order valence-electron chi connectivity index (χ2n) is 7.54. The van der Waals surface area contributed by atoms with Crippen LogP contribution in [-0.2, 0) is 9.53 Å². The normalized spacial score (nSPS) is 18.2. The second-order valence-corrected chi connectivity index (χ2v) is 7.54. The molecule has 1 aliphatic heterocycles. The Morgan fingerprint density at radius 3 is 2.18 bits per heavy atom. The number of amides is 2. The molecule has 5 heteroatoms. The van der Waals surface area contributed by atoms with Crippen LogP contribution in [0.4, 0.5) is 4.79 Å². The largest absolute Gasteiger partial charge is 0.444 e. The van der Waals surface area contributed by atoms with E-state index in [4.69, 9.17) is 4.74 Å². The molecular formula is C17H32N2O3. The van der Waals surface area contributed by atoms with E-state index in [1.807, 2.05) is 39.5 Å². The molecule has 128 valence electrons. The van der Waals surface area contributed by atoms with E-state index < -0.39 is 17.7 Å². The number of likely N-dealkylation sites (tertiary alicyclic amines) is 1. The van der Waals surface area contributed by atoms with Crippen molar-refractivity contribution in [1.82, 2.24) is 10.2 Å². The predicted octanol–water partition coefficient (Wildman–Crippen LogP) is 3.18. The van der Waals surface area contributed by atoms with Gasteiger partial charge in [0, 0.05) is 13.1 Å². The smallest absolute Gasteiger partial charge is 0.408 e. The Bertz CT molecular complexity index is 380. The molecule has 0 saturated carbocycles. The number of hydrogen-bond acceptors (Lipinski definition) is 3. The van der Waals surface area contributed by atoms with Crippen molar-refractivity contribution in [3.8, 4) is 0 Å². The molecule has 1 saturated heterocycles. The Morgan fingerprint density at radius 2 is 1.77 bits per heavy atom. The molecular weight excluding hydrogens is 280 g/mol. The molecule has 0 aromatic heterocycles. The Balaban J connectivity index is 2.63. The molecule has 22 heavy (non-hydrogen) atoms. The fourth-order valence-electron chi connectivity index (χ4n) is 2.71. The zero-order valence-electron chi connectivity index (χ0n) is 14.9. The Morgan fingerprint density at radius 1 is 1.23 bits per heavy atom. The number of rotatable bonds is 4. The summed E-state index contributed by atoms with van der Waals surface area (Å²) in [5.74, 6) is 0.764. The summed E-state index contributed by atoms with van der Waals surface area (Å²) < 4.78 is 5.27. The molecule has 1 aliphatic rings. The van der Waals surface area contributed by atoms with Crippen LogP contribution in [0.3, 0.4) is 0 Å². The third kappa shape index (κ3) is 5.85. The van der Waals surface area contributed by atoms with Crippen LogP contribution in [0.5, 0.6) is 0 Å². The average molecular weight is 312 g/mol. The van der Waals surface area contributed by atoms with Crippen LogP contribution in [0, 0.1) is 11.8 Å². The van der Waals surface area contributed by atoms with Crippen LogP contribution in [0.1, 0.15) is 60.8 Å². The first-order valence-electron chi connectivity index (χ1n) is 8.42. The number of nitrogens with zero attached hydrogens (tertiary/aromatic N) is 1. The number of nitrogens with one attached hydrogen (secondary N) is 1. The summed E-state index contributed by atoms with van der Waals surface area (Å²) in [6, 6.07) is -0.520. The van der Waals surface area contributed by atoms with E-state index in [9.17, 15) is 9.59 Å². The van der Waals surface area contributed by atoms with Crippen molar-refractivity contribution in [1.29, 1.82) is 0 Å². The van der Waals surface area contributed by atoms with Crippen molar-refractivity contribution in [2.45, 2.75) is 72.4 Å². The van der Waals surface area contributed by atoms with Gasteiger partial charge in [0.25, 0.3) is 0 Å². The van der Waals surface area contributed by atoms with E-state index in [1.165, 1.54) is 6.42 Å². The summed E-state index contributed by atoms with van der Waals surface area (Å²) in [7, 11) is 0. The van der Waals surface area contributed by atoms with Crippen LogP contribution >= 0.6 is 0 Å². The van der Waals surface area contributed by atoms with Gasteiger partial charge in [-0.3, -0.25) is 4.79 Å². The van der Waals surface area contributed by atoms with E-state index in [2.05, 4.69) is 12.2 Å². The van der Waals surface area contributed by atoms with Crippen molar-refractivity contribution < 1.29 is 14.3 Å². The highest BCUT2D eigenvalue weighted by atomic mass is 16.6.